The maximum absolute atomic E-state index is 0. The van der Waals surface area contributed by atoms with Crippen LogP contribution >= 0.6 is 0 Å². The fraction of sp³-hybridized carbons (Fsp3) is 0. The molecule has 0 saturated carbocycles. The van der Waals surface area contributed by atoms with Crippen molar-refractivity contribution < 1.29 is 21.7 Å². The van der Waals surface area contributed by atoms with Crippen LogP contribution in [0.3, 0.4) is 0 Å². The van der Waals surface area contributed by atoms with Gasteiger partial charge in [0.05, 0.1) is 0 Å². The molecule has 0 unspecified atom stereocenters. The molecule has 1 radical (unpaired) electrons. The fourth-order valence-electron chi connectivity index (χ4n) is 0. The van der Waals surface area contributed by atoms with Crippen molar-refractivity contribution in [2.24, 2.45) is 0 Å². The quantitative estimate of drug-likeness (QED) is 0.341. The molecule has 0 spiro atoms. The first-order valence-corrected chi connectivity index (χ1v) is 0. The molecule has 39 valence electrons. The van der Waals surface area contributed by atoms with E-state index in [1.165, 1.54) is 0 Å². The minimum Gasteiger partial charge on any atom is -0.358 e. The van der Waals surface area contributed by atoms with Crippen LogP contribution in [0.4, 0.5) is 0 Å². The summed E-state index contributed by atoms with van der Waals surface area (Å²) in [6, 6.07) is 0. The standard InChI is InChI=1S/4CH3.H3Si.Ti/h5*1H3;/q4*-1;;+4. The molecule has 0 bridgehead atoms. The van der Waals surface area contributed by atoms with Crippen molar-refractivity contribution in [3.8, 4) is 0 Å². The van der Waals surface area contributed by atoms with E-state index in [9.17, 15) is 0 Å². The van der Waals surface area contributed by atoms with Gasteiger partial charge in [-0.15, -0.1) is 0 Å². The van der Waals surface area contributed by atoms with Crippen LogP contribution in [0.5, 0.6) is 0 Å². The van der Waals surface area contributed by atoms with Gasteiger partial charge in [-0.2, -0.15) is 0 Å². The van der Waals surface area contributed by atoms with Gasteiger partial charge in [-0.3, -0.25) is 0 Å². The molecule has 6 heavy (non-hydrogen) atoms. The van der Waals surface area contributed by atoms with Gasteiger partial charge in [0.1, 0.15) is 0 Å². The van der Waals surface area contributed by atoms with Gasteiger partial charge in [-0.05, 0) is 11.0 Å². The van der Waals surface area contributed by atoms with Gasteiger partial charge in [-0.1, -0.05) is 0 Å². The Morgan fingerprint density at radius 2 is 0.500 bits per heavy atom. The van der Waals surface area contributed by atoms with Crippen molar-refractivity contribution in [2.45, 2.75) is 0 Å². The Balaban J connectivity index is 0. The van der Waals surface area contributed by atoms with E-state index in [2.05, 4.69) is 0 Å². The third-order valence-corrected chi connectivity index (χ3v) is 0. The summed E-state index contributed by atoms with van der Waals surface area (Å²) in [6.45, 7) is 0. The molecular formula is C4H15SiTi. The van der Waals surface area contributed by atoms with Gasteiger partial charge >= 0.3 is 21.7 Å². The molecule has 0 nitrogen and oxygen atoms in total. The van der Waals surface area contributed by atoms with Crippen LogP contribution in [0, 0.1) is 29.7 Å². The Labute approximate surface area is 62.6 Å². The molecular weight excluding hydrogens is 124 g/mol. The Morgan fingerprint density at radius 1 is 0.500 bits per heavy atom. The maximum Gasteiger partial charge on any atom is 4.00 e. The van der Waals surface area contributed by atoms with E-state index in [1.54, 1.807) is 0 Å². The van der Waals surface area contributed by atoms with E-state index in [0.717, 1.165) is 0 Å². The summed E-state index contributed by atoms with van der Waals surface area (Å²) in [5.41, 5.74) is 0. The molecule has 0 aliphatic heterocycles. The summed E-state index contributed by atoms with van der Waals surface area (Å²) < 4.78 is 0. The molecule has 0 rings (SSSR count). The van der Waals surface area contributed by atoms with Gasteiger partial charge in [0.2, 0.25) is 0 Å². The summed E-state index contributed by atoms with van der Waals surface area (Å²) in [6.07, 6.45) is 0. The topological polar surface area (TPSA) is 0 Å². The van der Waals surface area contributed by atoms with Crippen LogP contribution in [0.2, 0.25) is 0 Å². The zero-order valence-electron chi connectivity index (χ0n) is 5.50. The molecule has 0 fully saturated rings. The van der Waals surface area contributed by atoms with Crippen molar-refractivity contribution in [2.75, 3.05) is 0 Å². The van der Waals surface area contributed by atoms with Gasteiger partial charge in [0.15, 0.2) is 0 Å². The molecule has 0 aromatic rings. The molecule has 2 heteroatoms. The Morgan fingerprint density at radius 3 is 0.500 bits per heavy atom. The average molecular weight is 139 g/mol. The third-order valence-electron chi connectivity index (χ3n) is 0. The summed E-state index contributed by atoms with van der Waals surface area (Å²) in [4.78, 5) is 0. The fourth-order valence-corrected chi connectivity index (χ4v) is 0. The zero-order valence-corrected chi connectivity index (χ0v) is 9.06. The minimum absolute atomic E-state index is 0. The second-order valence-electron chi connectivity index (χ2n) is 0. The van der Waals surface area contributed by atoms with Gasteiger partial charge in [0, 0.05) is 0 Å². The zero-order chi connectivity index (χ0) is 0. The van der Waals surface area contributed by atoms with E-state index >= 15 is 0 Å². The molecule has 0 aromatic carbocycles. The van der Waals surface area contributed by atoms with Crippen LogP contribution in [-0.4, -0.2) is 11.0 Å². The molecule has 0 aliphatic rings. The largest absolute Gasteiger partial charge is 4.00 e. The van der Waals surface area contributed by atoms with Crippen LogP contribution < -0.4 is 0 Å². The summed E-state index contributed by atoms with van der Waals surface area (Å²) >= 11 is 0. The number of hydrogen-bond acceptors (Lipinski definition) is 0. The maximum atomic E-state index is 0. The van der Waals surface area contributed by atoms with Gasteiger partial charge in [-0.25, -0.2) is 0 Å². The number of rotatable bonds is 0. The SMILES string of the molecule is [CH3-].[CH3-].[CH3-].[CH3-].[SiH3].[Ti+4]. The molecule has 0 heterocycles. The predicted molar refractivity (Wildman–Crippen MR) is 35.6 cm³/mol. The molecule has 0 saturated heterocycles. The Bertz CT molecular complexity index is 7.51. The van der Waals surface area contributed by atoms with Crippen LogP contribution in [-0.2, 0) is 21.7 Å². The first-order valence-electron chi connectivity index (χ1n) is 0. The van der Waals surface area contributed by atoms with Gasteiger partial charge < -0.3 is 29.7 Å². The van der Waals surface area contributed by atoms with E-state index in [0.29, 0.717) is 0 Å². The van der Waals surface area contributed by atoms with Crippen molar-refractivity contribution in [3.05, 3.63) is 29.7 Å². The van der Waals surface area contributed by atoms with Crippen molar-refractivity contribution in [1.82, 2.24) is 0 Å². The van der Waals surface area contributed by atoms with Crippen LogP contribution in [0.25, 0.3) is 0 Å². The molecule has 0 amide bonds. The summed E-state index contributed by atoms with van der Waals surface area (Å²) in [5, 5.41) is 0. The van der Waals surface area contributed by atoms with Gasteiger partial charge in [0.25, 0.3) is 0 Å². The van der Waals surface area contributed by atoms with Crippen LogP contribution in [0.1, 0.15) is 0 Å². The summed E-state index contributed by atoms with van der Waals surface area (Å²) in [5.74, 6) is 0. The second kappa shape index (κ2) is 166. The first kappa shape index (κ1) is 281. The Hall–Kier alpha value is 0.931. The van der Waals surface area contributed by atoms with Crippen molar-refractivity contribution >= 4 is 11.0 Å². The first-order chi connectivity index (χ1) is 0. The van der Waals surface area contributed by atoms with Crippen LogP contribution in [0.15, 0.2) is 0 Å². The molecule has 0 aromatic heterocycles. The third kappa shape index (κ3) is 87.9. The van der Waals surface area contributed by atoms with E-state index in [-0.39, 0.29) is 62.4 Å². The molecule has 0 N–H and O–H groups in total. The minimum atomic E-state index is 0. The summed E-state index contributed by atoms with van der Waals surface area (Å²) in [7, 11) is 0. The molecule has 0 atom stereocenters. The average Bonchev–Trinajstić information content (AvgIpc) is 0. The van der Waals surface area contributed by atoms with E-state index in [1.807, 2.05) is 0 Å². The van der Waals surface area contributed by atoms with Crippen molar-refractivity contribution in [3.63, 3.8) is 0 Å². The monoisotopic (exact) mass is 139 g/mol. The number of hydrogen-bond donors (Lipinski definition) is 0. The van der Waals surface area contributed by atoms with E-state index in [4.69, 9.17) is 0 Å². The van der Waals surface area contributed by atoms with E-state index < -0.39 is 0 Å². The predicted octanol–water partition coefficient (Wildman–Crippen LogP) is 0.615. The second-order valence-corrected chi connectivity index (χ2v) is 0. The smallest absolute Gasteiger partial charge is 0.358 e. The molecule has 0 aliphatic carbocycles. The van der Waals surface area contributed by atoms with Crippen molar-refractivity contribution in [1.29, 1.82) is 0 Å². The Kier molecular flexibility index (Phi) is 7800. The normalized spacial score (nSPS) is 0.